The van der Waals surface area contributed by atoms with E-state index in [9.17, 15) is 0 Å². The first kappa shape index (κ1) is 13.1. The fourth-order valence-electron chi connectivity index (χ4n) is 3.08. The van der Waals surface area contributed by atoms with Crippen molar-refractivity contribution >= 4 is 0 Å². The largest absolute Gasteiger partial charge is 0.0654 e. The van der Waals surface area contributed by atoms with Crippen molar-refractivity contribution < 1.29 is 0 Å². The SMILES string of the molecule is CCCCC1C(C)CC1CC(C)C(C)C. The normalized spacial score (nSPS) is 32.8. The summed E-state index contributed by atoms with van der Waals surface area (Å²) in [7, 11) is 0. The van der Waals surface area contributed by atoms with Gasteiger partial charge in [0.1, 0.15) is 0 Å². The molecule has 0 aliphatic heterocycles. The van der Waals surface area contributed by atoms with E-state index in [1.807, 2.05) is 0 Å². The van der Waals surface area contributed by atoms with E-state index in [2.05, 4.69) is 34.6 Å². The van der Waals surface area contributed by atoms with Gasteiger partial charge in [-0.15, -0.1) is 0 Å². The highest BCUT2D eigenvalue weighted by Gasteiger charge is 2.37. The molecule has 1 aliphatic carbocycles. The van der Waals surface area contributed by atoms with Crippen LogP contribution in [0.3, 0.4) is 0 Å². The lowest BCUT2D eigenvalue weighted by molar-refractivity contribution is 0.0499. The van der Waals surface area contributed by atoms with Crippen LogP contribution < -0.4 is 0 Å². The maximum Gasteiger partial charge on any atom is -0.0360 e. The van der Waals surface area contributed by atoms with Crippen LogP contribution in [0.1, 0.15) is 66.7 Å². The molecule has 4 atom stereocenters. The topological polar surface area (TPSA) is 0 Å². The molecule has 0 N–H and O–H groups in total. The highest BCUT2D eigenvalue weighted by atomic mass is 14.4. The zero-order chi connectivity index (χ0) is 11.4. The third-order valence-corrected chi connectivity index (χ3v) is 4.71. The van der Waals surface area contributed by atoms with Crippen LogP contribution in [-0.2, 0) is 0 Å². The Hall–Kier alpha value is 0. The summed E-state index contributed by atoms with van der Waals surface area (Å²) in [5, 5.41) is 0. The summed E-state index contributed by atoms with van der Waals surface area (Å²) in [4.78, 5) is 0. The van der Waals surface area contributed by atoms with Crippen LogP contribution >= 0.6 is 0 Å². The first-order chi connectivity index (χ1) is 7.06. The molecule has 0 radical (unpaired) electrons. The molecule has 15 heavy (non-hydrogen) atoms. The minimum absolute atomic E-state index is 0.868. The van der Waals surface area contributed by atoms with Gasteiger partial charge >= 0.3 is 0 Å². The molecule has 0 heteroatoms. The smallest absolute Gasteiger partial charge is 0.0360 e. The molecule has 0 saturated heterocycles. The Bertz CT molecular complexity index is 171. The van der Waals surface area contributed by atoms with Gasteiger partial charge in [-0.2, -0.15) is 0 Å². The molecule has 1 aliphatic rings. The summed E-state index contributed by atoms with van der Waals surface area (Å²) < 4.78 is 0. The third-order valence-electron chi connectivity index (χ3n) is 4.71. The number of unbranched alkanes of at least 4 members (excludes halogenated alkanes) is 1. The van der Waals surface area contributed by atoms with Gasteiger partial charge in [0.25, 0.3) is 0 Å². The van der Waals surface area contributed by atoms with Crippen molar-refractivity contribution in [2.24, 2.45) is 29.6 Å². The third kappa shape index (κ3) is 3.50. The number of hydrogen-bond acceptors (Lipinski definition) is 0. The fraction of sp³-hybridized carbons (Fsp3) is 1.00. The maximum absolute atomic E-state index is 2.46. The summed E-state index contributed by atoms with van der Waals surface area (Å²) in [5.41, 5.74) is 0. The molecule has 0 aromatic rings. The molecule has 0 nitrogen and oxygen atoms in total. The molecular formula is C15H30. The molecular weight excluding hydrogens is 180 g/mol. The average Bonchev–Trinajstić information content (AvgIpc) is 2.17. The summed E-state index contributed by atoms with van der Waals surface area (Å²) in [6.07, 6.45) is 7.30. The Balaban J connectivity index is 2.30. The maximum atomic E-state index is 2.46. The lowest BCUT2D eigenvalue weighted by atomic mass is 9.60. The predicted molar refractivity (Wildman–Crippen MR) is 68.9 cm³/mol. The Morgan fingerprint density at radius 2 is 1.87 bits per heavy atom. The second kappa shape index (κ2) is 5.92. The van der Waals surface area contributed by atoms with E-state index in [1.165, 1.54) is 32.1 Å². The van der Waals surface area contributed by atoms with Crippen LogP contribution in [0.5, 0.6) is 0 Å². The van der Waals surface area contributed by atoms with Crippen molar-refractivity contribution in [3.63, 3.8) is 0 Å². The minimum atomic E-state index is 0.868. The summed E-state index contributed by atoms with van der Waals surface area (Å²) in [5.74, 6) is 4.93. The molecule has 0 aromatic heterocycles. The first-order valence-corrected chi connectivity index (χ1v) is 7.06. The molecule has 1 saturated carbocycles. The molecule has 90 valence electrons. The molecule has 0 heterocycles. The van der Waals surface area contributed by atoms with Gasteiger partial charge < -0.3 is 0 Å². The van der Waals surface area contributed by atoms with Crippen LogP contribution in [0.2, 0.25) is 0 Å². The van der Waals surface area contributed by atoms with Crippen molar-refractivity contribution in [1.29, 1.82) is 0 Å². The average molecular weight is 210 g/mol. The van der Waals surface area contributed by atoms with Crippen LogP contribution in [-0.4, -0.2) is 0 Å². The van der Waals surface area contributed by atoms with E-state index in [0.717, 1.165) is 29.6 Å². The molecule has 4 unspecified atom stereocenters. The summed E-state index contributed by atoms with van der Waals surface area (Å²) >= 11 is 0. The zero-order valence-corrected chi connectivity index (χ0v) is 11.4. The van der Waals surface area contributed by atoms with Crippen molar-refractivity contribution in [3.05, 3.63) is 0 Å². The van der Waals surface area contributed by atoms with Crippen LogP contribution in [0.15, 0.2) is 0 Å². The molecule has 1 fully saturated rings. The van der Waals surface area contributed by atoms with Crippen molar-refractivity contribution in [2.75, 3.05) is 0 Å². The van der Waals surface area contributed by atoms with E-state index in [1.54, 1.807) is 0 Å². The van der Waals surface area contributed by atoms with Gasteiger partial charge in [-0.3, -0.25) is 0 Å². The number of rotatable bonds is 6. The van der Waals surface area contributed by atoms with Gasteiger partial charge in [0.15, 0.2) is 0 Å². The van der Waals surface area contributed by atoms with Crippen LogP contribution in [0, 0.1) is 29.6 Å². The van der Waals surface area contributed by atoms with Gasteiger partial charge in [-0.1, -0.05) is 47.5 Å². The highest BCUT2D eigenvalue weighted by molar-refractivity contribution is 4.87. The molecule has 1 rings (SSSR count). The van der Waals surface area contributed by atoms with Crippen molar-refractivity contribution in [2.45, 2.75) is 66.7 Å². The summed E-state index contributed by atoms with van der Waals surface area (Å²) in [6, 6.07) is 0. The van der Waals surface area contributed by atoms with E-state index in [4.69, 9.17) is 0 Å². The zero-order valence-electron chi connectivity index (χ0n) is 11.4. The van der Waals surface area contributed by atoms with Crippen LogP contribution in [0.4, 0.5) is 0 Å². The van der Waals surface area contributed by atoms with Gasteiger partial charge in [0.05, 0.1) is 0 Å². The second-order valence-electron chi connectivity index (χ2n) is 6.24. The van der Waals surface area contributed by atoms with E-state index in [-0.39, 0.29) is 0 Å². The quantitative estimate of drug-likeness (QED) is 0.570. The summed E-state index contributed by atoms with van der Waals surface area (Å²) in [6.45, 7) is 11.9. The number of hydrogen-bond donors (Lipinski definition) is 0. The van der Waals surface area contributed by atoms with Gasteiger partial charge in [-0.05, 0) is 48.9 Å². The highest BCUT2D eigenvalue weighted by Crippen LogP contribution is 2.46. The first-order valence-electron chi connectivity index (χ1n) is 7.06. The fourth-order valence-corrected chi connectivity index (χ4v) is 3.08. The van der Waals surface area contributed by atoms with Crippen molar-refractivity contribution in [1.82, 2.24) is 0 Å². The van der Waals surface area contributed by atoms with E-state index >= 15 is 0 Å². The Morgan fingerprint density at radius 1 is 1.20 bits per heavy atom. The van der Waals surface area contributed by atoms with E-state index < -0.39 is 0 Å². The molecule has 0 bridgehead atoms. The van der Waals surface area contributed by atoms with Gasteiger partial charge in [0.2, 0.25) is 0 Å². The van der Waals surface area contributed by atoms with Crippen molar-refractivity contribution in [3.8, 4) is 0 Å². The molecule has 0 amide bonds. The minimum Gasteiger partial charge on any atom is -0.0654 e. The predicted octanol–water partition coefficient (Wildman–Crippen LogP) is 5.13. The Labute approximate surface area is 96.8 Å². The van der Waals surface area contributed by atoms with Gasteiger partial charge in [0, 0.05) is 0 Å². The standard InChI is InChI=1S/C15H30/c1-6-7-8-15-13(5)10-14(15)9-12(4)11(2)3/h11-15H,6-10H2,1-5H3. The molecule has 0 spiro atoms. The monoisotopic (exact) mass is 210 g/mol. The second-order valence-corrected chi connectivity index (χ2v) is 6.24. The molecule has 0 aromatic carbocycles. The lowest BCUT2D eigenvalue weighted by Gasteiger charge is -2.45. The Kier molecular flexibility index (Phi) is 5.15. The Morgan fingerprint density at radius 3 is 2.33 bits per heavy atom. The van der Waals surface area contributed by atoms with Crippen LogP contribution in [0.25, 0.3) is 0 Å². The lowest BCUT2D eigenvalue weighted by Crippen LogP contribution is -2.36. The van der Waals surface area contributed by atoms with E-state index in [0.29, 0.717) is 0 Å². The van der Waals surface area contributed by atoms with Gasteiger partial charge in [-0.25, -0.2) is 0 Å².